The Kier molecular flexibility index (Phi) is 9.32. The average Bonchev–Trinajstić information content (AvgIpc) is 3.44. The second-order valence-electron chi connectivity index (χ2n) is 9.71. The van der Waals surface area contributed by atoms with E-state index in [1.165, 1.54) is 28.9 Å². The lowest BCUT2D eigenvalue weighted by Crippen LogP contribution is -2.71. The zero-order chi connectivity index (χ0) is 32.4. The molecule has 3 aromatic heterocycles. The highest BCUT2D eigenvalue weighted by atomic mass is 32.2. The van der Waals surface area contributed by atoms with E-state index >= 15 is 0 Å². The summed E-state index contributed by atoms with van der Waals surface area (Å²) >= 11 is 3.65. The minimum atomic E-state index is -1.52. The lowest BCUT2D eigenvalue weighted by Gasteiger charge is -2.49. The van der Waals surface area contributed by atoms with E-state index in [1.807, 2.05) is 12.1 Å². The number of hydrogen-bond donors (Lipinski definition) is 7. The molecule has 19 heteroatoms. The molecule has 2 aliphatic heterocycles. The van der Waals surface area contributed by atoms with Gasteiger partial charge in [0, 0.05) is 40.0 Å². The van der Waals surface area contributed by atoms with Gasteiger partial charge in [0.15, 0.2) is 35.9 Å². The molecule has 1 fully saturated rings. The Balaban J connectivity index is 1.31. The summed E-state index contributed by atoms with van der Waals surface area (Å²) in [6, 6.07) is 1.71. The predicted octanol–water partition coefficient (Wildman–Crippen LogP) is -0.888. The number of nitrogens with zero attached hydrogens (tertiary/aromatic N) is 4. The van der Waals surface area contributed by atoms with Crippen molar-refractivity contribution in [1.29, 1.82) is 0 Å². The smallest absolute Gasteiger partial charge is 0.352 e. The second kappa shape index (κ2) is 13.2. The number of aromatic nitrogens is 3. The number of thiazole rings is 1. The monoisotopic (exact) mass is 676 g/mol. The van der Waals surface area contributed by atoms with Crippen LogP contribution in [0.5, 0.6) is 5.75 Å². The van der Waals surface area contributed by atoms with E-state index in [4.69, 9.17) is 10.8 Å². The number of nitrogen functional groups attached to an aromatic ring is 1. The second-order valence-corrected chi connectivity index (χ2v) is 12.8. The van der Waals surface area contributed by atoms with E-state index < -0.39 is 58.0 Å². The molecule has 3 unspecified atom stereocenters. The van der Waals surface area contributed by atoms with E-state index in [9.17, 15) is 39.4 Å². The maximum absolute atomic E-state index is 13.5. The zero-order valence-electron chi connectivity index (χ0n) is 23.0. The number of carbonyl (C=O) groups is 4. The number of carboxylic acid groups (broad SMARTS) is 1. The van der Waals surface area contributed by atoms with Crippen LogP contribution < -0.4 is 26.4 Å². The average molecular weight is 677 g/mol. The van der Waals surface area contributed by atoms with Crippen LogP contribution in [0.1, 0.15) is 22.2 Å². The first-order valence-corrected chi connectivity index (χ1v) is 16.0. The number of β-lactam (4-membered cyclic amide) rings is 1. The van der Waals surface area contributed by atoms with Crippen LogP contribution in [0.15, 0.2) is 63.1 Å². The molecular formula is C26H26N7O9S3+. The number of fused-ring (bicyclic) bond motifs is 1. The molecule has 0 aromatic carbocycles. The third-order valence-electron chi connectivity index (χ3n) is 6.80. The lowest BCUT2D eigenvalue weighted by molar-refractivity contribution is -0.698. The molecule has 3 amide bonds. The van der Waals surface area contributed by atoms with Gasteiger partial charge in [0.05, 0.1) is 11.9 Å². The van der Waals surface area contributed by atoms with Gasteiger partial charge in [-0.15, -0.1) is 34.9 Å². The van der Waals surface area contributed by atoms with Crippen LogP contribution in [0.25, 0.3) is 0 Å². The first kappa shape index (κ1) is 31.8. The van der Waals surface area contributed by atoms with Crippen molar-refractivity contribution in [3.63, 3.8) is 0 Å². The number of thioether (sulfide) groups is 2. The van der Waals surface area contributed by atoms with Crippen LogP contribution in [0.4, 0.5) is 5.13 Å². The van der Waals surface area contributed by atoms with Gasteiger partial charge in [-0.3, -0.25) is 24.1 Å². The summed E-state index contributed by atoms with van der Waals surface area (Å²) in [5.41, 5.74) is 4.57. The Hall–Kier alpha value is -4.59. The Labute approximate surface area is 266 Å². The molecule has 0 spiro atoms. The van der Waals surface area contributed by atoms with Crippen LogP contribution in [0.3, 0.4) is 0 Å². The molecule has 0 aliphatic carbocycles. The molecule has 45 heavy (non-hydrogen) atoms. The molecule has 3 atom stereocenters. The number of rotatable bonds is 11. The number of amides is 3. The highest BCUT2D eigenvalue weighted by Gasteiger charge is 2.54. The van der Waals surface area contributed by atoms with Crippen molar-refractivity contribution in [2.45, 2.75) is 28.9 Å². The van der Waals surface area contributed by atoms with Crippen molar-refractivity contribution in [3.05, 3.63) is 75.1 Å². The summed E-state index contributed by atoms with van der Waals surface area (Å²) in [5, 5.41) is 44.2. The normalized spacial score (nSPS) is 18.2. The number of hydrogen-bond acceptors (Lipinski definition) is 13. The first-order chi connectivity index (χ1) is 21.5. The highest BCUT2D eigenvalue weighted by molar-refractivity contribution is 8.01. The van der Waals surface area contributed by atoms with Gasteiger partial charge in [0.1, 0.15) is 29.4 Å². The number of anilines is 1. The maximum Gasteiger partial charge on any atom is 0.352 e. The molecule has 1 saturated heterocycles. The van der Waals surface area contributed by atoms with Crippen LogP contribution in [0, 0.1) is 0 Å². The van der Waals surface area contributed by atoms with Crippen molar-refractivity contribution >= 4 is 63.7 Å². The molecule has 5 heterocycles. The lowest BCUT2D eigenvalue weighted by atomic mass is 10.0. The van der Waals surface area contributed by atoms with Gasteiger partial charge in [0.25, 0.3) is 11.8 Å². The Morgan fingerprint density at radius 1 is 1.24 bits per heavy atom. The largest absolute Gasteiger partial charge is 0.503 e. The molecule has 0 radical (unpaired) electrons. The van der Waals surface area contributed by atoms with Gasteiger partial charge in [-0.25, -0.2) is 14.3 Å². The number of aromatic hydroxyl groups is 1. The summed E-state index contributed by atoms with van der Waals surface area (Å²) in [6.45, 7) is 0.442. The van der Waals surface area contributed by atoms with Crippen molar-refractivity contribution < 1.29 is 44.3 Å². The molecule has 16 nitrogen and oxygen atoms in total. The minimum absolute atomic E-state index is 0.00264. The van der Waals surface area contributed by atoms with Crippen molar-refractivity contribution in [3.8, 4) is 5.75 Å². The first-order valence-electron chi connectivity index (χ1n) is 13.1. The quantitative estimate of drug-likeness (QED) is 0.0565. The SMILES string of the molecule is Nc1nc(C(NC(=O)c2cc(=O)c(O)cn2O)C(=O)NC2C(=O)N3C(C(=O)O)=C(CSc4cc[n+](CCO)cc4)CSC23)cs1. The Bertz CT molecular complexity index is 1760. The summed E-state index contributed by atoms with van der Waals surface area (Å²) in [7, 11) is 0. The van der Waals surface area contributed by atoms with Crippen LogP contribution in [-0.2, 0) is 20.9 Å². The predicted molar refractivity (Wildman–Crippen MR) is 160 cm³/mol. The standard InChI is InChI=1S/C26H25N7O9S3/c27-26-28-14(11-45-26)18(29-21(37)15-7-16(35)17(36)8-32(15)42)22(38)30-19-23(39)33-20(25(40)41)12(10-44-24(19)33)9-43-13-1-3-31(4-2-13)5-6-34/h1-4,7-8,11,18-19,24,34,42H,5-6,9-10H2,(H5-,27,28,29,30,36,37,38,40,41)/p+1. The van der Waals surface area contributed by atoms with E-state index in [0.29, 0.717) is 30.1 Å². The van der Waals surface area contributed by atoms with Gasteiger partial charge in [-0.1, -0.05) is 0 Å². The highest BCUT2D eigenvalue weighted by Crippen LogP contribution is 2.41. The van der Waals surface area contributed by atoms with E-state index in [-0.39, 0.29) is 33.6 Å². The molecule has 8 N–H and O–H groups in total. The van der Waals surface area contributed by atoms with Gasteiger partial charge in [-0.2, -0.15) is 4.73 Å². The fourth-order valence-electron chi connectivity index (χ4n) is 4.60. The fourth-order valence-corrected chi connectivity index (χ4v) is 7.56. The molecule has 2 aliphatic rings. The Morgan fingerprint density at radius 2 is 1.98 bits per heavy atom. The molecular weight excluding hydrogens is 651 g/mol. The van der Waals surface area contributed by atoms with Crippen molar-refractivity contribution in [2.75, 3.05) is 23.8 Å². The number of pyridine rings is 2. The van der Waals surface area contributed by atoms with Crippen LogP contribution in [0.2, 0.25) is 0 Å². The van der Waals surface area contributed by atoms with Gasteiger partial charge in [0.2, 0.25) is 11.3 Å². The number of carbonyl (C=O) groups excluding carboxylic acids is 3. The zero-order valence-corrected chi connectivity index (χ0v) is 25.5. The molecule has 5 rings (SSSR count). The number of aliphatic hydroxyl groups is 1. The van der Waals surface area contributed by atoms with E-state index in [0.717, 1.165) is 21.1 Å². The topological polar surface area (TPSA) is 241 Å². The van der Waals surface area contributed by atoms with E-state index in [1.54, 1.807) is 17.0 Å². The maximum atomic E-state index is 13.5. The van der Waals surface area contributed by atoms with Gasteiger partial charge >= 0.3 is 5.97 Å². The number of aliphatic hydroxyl groups excluding tert-OH is 1. The van der Waals surface area contributed by atoms with Crippen molar-refractivity contribution in [1.82, 2.24) is 25.2 Å². The van der Waals surface area contributed by atoms with Crippen LogP contribution in [-0.4, -0.2) is 88.4 Å². The summed E-state index contributed by atoms with van der Waals surface area (Å²) in [6.07, 6.45) is 4.21. The number of nitrogens with one attached hydrogen (secondary N) is 2. The minimum Gasteiger partial charge on any atom is -0.503 e. The Morgan fingerprint density at radius 3 is 2.62 bits per heavy atom. The molecule has 3 aromatic rings. The number of carboxylic acids is 1. The molecule has 236 valence electrons. The number of nitrogens with two attached hydrogens (primary N) is 1. The summed E-state index contributed by atoms with van der Waals surface area (Å²) in [5.74, 6) is -4.11. The fraction of sp³-hybridized carbons (Fsp3) is 0.269. The molecule has 0 saturated carbocycles. The van der Waals surface area contributed by atoms with E-state index in [2.05, 4.69) is 15.6 Å². The third kappa shape index (κ3) is 6.60. The van der Waals surface area contributed by atoms with Crippen LogP contribution >= 0.6 is 34.9 Å². The summed E-state index contributed by atoms with van der Waals surface area (Å²) in [4.78, 5) is 69.8. The number of aliphatic carboxylic acids is 1. The summed E-state index contributed by atoms with van der Waals surface area (Å²) < 4.78 is 2.02. The van der Waals surface area contributed by atoms with Crippen molar-refractivity contribution in [2.24, 2.45) is 0 Å². The third-order valence-corrected chi connectivity index (χ3v) is 9.93. The molecule has 0 bridgehead atoms. The van der Waals surface area contributed by atoms with Gasteiger partial charge < -0.3 is 36.9 Å². The van der Waals surface area contributed by atoms with Gasteiger partial charge in [-0.05, 0) is 5.57 Å².